The second kappa shape index (κ2) is 8.80. The fourth-order valence-corrected chi connectivity index (χ4v) is 5.61. The largest absolute Gasteiger partial charge is 0.496 e. The standard InChI is InChI=1S/C19H22Cl2N2O3S/c1-26-18-10-3-2-7-14(18)17(23-11-4-5-12-23)13-22-27(24,25)19-15(20)8-6-9-16(19)21/h2-3,6-10,17,22H,4-5,11-13H2,1H3. The van der Waals surface area contributed by atoms with Crippen molar-refractivity contribution in [2.45, 2.75) is 23.8 Å². The molecule has 1 heterocycles. The third kappa shape index (κ3) is 4.58. The van der Waals surface area contributed by atoms with Gasteiger partial charge in [-0.2, -0.15) is 0 Å². The zero-order chi connectivity index (χ0) is 19.4. The minimum atomic E-state index is -3.86. The predicted molar refractivity (Wildman–Crippen MR) is 108 cm³/mol. The van der Waals surface area contributed by atoms with E-state index in [9.17, 15) is 8.42 Å². The Morgan fingerprint density at radius 2 is 1.70 bits per heavy atom. The first-order valence-electron chi connectivity index (χ1n) is 8.74. The topological polar surface area (TPSA) is 58.6 Å². The summed E-state index contributed by atoms with van der Waals surface area (Å²) in [5.74, 6) is 0.740. The Bertz CT molecular complexity index is 879. The third-order valence-electron chi connectivity index (χ3n) is 4.73. The molecule has 0 spiro atoms. The van der Waals surface area contributed by atoms with Gasteiger partial charge in [-0.25, -0.2) is 13.1 Å². The van der Waals surface area contributed by atoms with Gasteiger partial charge in [0.25, 0.3) is 0 Å². The minimum absolute atomic E-state index is 0.0893. The Morgan fingerprint density at radius 3 is 2.33 bits per heavy atom. The highest BCUT2D eigenvalue weighted by Gasteiger charge is 2.29. The highest BCUT2D eigenvalue weighted by molar-refractivity contribution is 7.89. The molecule has 0 amide bonds. The molecule has 5 nitrogen and oxygen atoms in total. The number of halogens is 2. The summed E-state index contributed by atoms with van der Waals surface area (Å²) >= 11 is 12.2. The molecule has 0 radical (unpaired) electrons. The van der Waals surface area contributed by atoms with E-state index in [-0.39, 0.29) is 27.5 Å². The van der Waals surface area contributed by atoms with E-state index in [0.29, 0.717) is 0 Å². The first kappa shape index (κ1) is 20.4. The van der Waals surface area contributed by atoms with E-state index >= 15 is 0 Å². The van der Waals surface area contributed by atoms with Crippen LogP contribution in [0.1, 0.15) is 24.4 Å². The molecule has 8 heteroatoms. The van der Waals surface area contributed by atoms with Gasteiger partial charge in [0.15, 0.2) is 0 Å². The van der Waals surface area contributed by atoms with Crippen molar-refractivity contribution >= 4 is 33.2 Å². The zero-order valence-electron chi connectivity index (χ0n) is 15.0. The molecule has 2 aromatic rings. The van der Waals surface area contributed by atoms with Crippen LogP contribution < -0.4 is 9.46 Å². The first-order chi connectivity index (χ1) is 12.9. The van der Waals surface area contributed by atoms with Crippen molar-refractivity contribution in [1.29, 1.82) is 0 Å². The van der Waals surface area contributed by atoms with Crippen LogP contribution in [-0.2, 0) is 10.0 Å². The quantitative estimate of drug-likeness (QED) is 0.720. The average Bonchev–Trinajstić information content (AvgIpc) is 3.16. The summed E-state index contributed by atoms with van der Waals surface area (Å²) in [6.07, 6.45) is 2.18. The molecular formula is C19H22Cl2N2O3S. The molecular weight excluding hydrogens is 407 g/mol. The Kier molecular flexibility index (Phi) is 6.65. The second-order valence-electron chi connectivity index (χ2n) is 6.40. The first-order valence-corrected chi connectivity index (χ1v) is 11.0. The molecule has 146 valence electrons. The van der Waals surface area contributed by atoms with Gasteiger partial charge in [-0.15, -0.1) is 0 Å². The number of hydrogen-bond donors (Lipinski definition) is 1. The number of likely N-dealkylation sites (tertiary alicyclic amines) is 1. The lowest BCUT2D eigenvalue weighted by atomic mass is 10.0. The van der Waals surface area contributed by atoms with E-state index < -0.39 is 10.0 Å². The van der Waals surface area contributed by atoms with Gasteiger partial charge in [0.1, 0.15) is 10.6 Å². The van der Waals surface area contributed by atoms with Crippen LogP contribution in [0.3, 0.4) is 0 Å². The number of rotatable bonds is 7. The van der Waals surface area contributed by atoms with Crippen LogP contribution in [0, 0.1) is 0 Å². The average molecular weight is 429 g/mol. The molecule has 1 N–H and O–H groups in total. The number of benzene rings is 2. The monoisotopic (exact) mass is 428 g/mol. The van der Waals surface area contributed by atoms with E-state index in [2.05, 4.69) is 9.62 Å². The summed E-state index contributed by atoms with van der Waals surface area (Å²) in [6, 6.07) is 12.2. The highest BCUT2D eigenvalue weighted by atomic mass is 35.5. The number of sulfonamides is 1. The lowest BCUT2D eigenvalue weighted by Gasteiger charge is -2.29. The van der Waals surface area contributed by atoms with Gasteiger partial charge in [0, 0.05) is 12.1 Å². The van der Waals surface area contributed by atoms with Gasteiger partial charge in [0.2, 0.25) is 10.0 Å². The highest BCUT2D eigenvalue weighted by Crippen LogP contribution is 2.33. The van der Waals surface area contributed by atoms with Crippen molar-refractivity contribution in [3.8, 4) is 5.75 Å². The molecule has 1 aliphatic heterocycles. The van der Waals surface area contributed by atoms with Gasteiger partial charge in [-0.05, 0) is 44.1 Å². The lowest BCUT2D eigenvalue weighted by molar-refractivity contribution is 0.240. The van der Waals surface area contributed by atoms with Crippen molar-refractivity contribution < 1.29 is 13.2 Å². The molecule has 0 aliphatic carbocycles. The van der Waals surface area contributed by atoms with Crippen LogP contribution in [0.4, 0.5) is 0 Å². The molecule has 1 unspecified atom stereocenters. The van der Waals surface area contributed by atoms with Gasteiger partial charge < -0.3 is 4.74 Å². The summed E-state index contributed by atoms with van der Waals surface area (Å²) in [7, 11) is -2.24. The molecule has 1 atom stereocenters. The van der Waals surface area contributed by atoms with E-state index in [1.54, 1.807) is 13.2 Å². The van der Waals surface area contributed by atoms with Gasteiger partial charge in [-0.1, -0.05) is 47.5 Å². The van der Waals surface area contributed by atoms with Crippen molar-refractivity contribution in [2.24, 2.45) is 0 Å². The Balaban J connectivity index is 1.89. The number of para-hydroxylation sites is 1. The van der Waals surface area contributed by atoms with Crippen molar-refractivity contribution in [3.05, 3.63) is 58.1 Å². The van der Waals surface area contributed by atoms with Crippen LogP contribution in [-0.4, -0.2) is 40.1 Å². The Morgan fingerprint density at radius 1 is 1.07 bits per heavy atom. The van der Waals surface area contributed by atoms with Crippen molar-refractivity contribution in [1.82, 2.24) is 9.62 Å². The minimum Gasteiger partial charge on any atom is -0.496 e. The molecule has 0 saturated carbocycles. The maximum absolute atomic E-state index is 12.8. The predicted octanol–water partition coefficient (Wildman–Crippen LogP) is 4.12. The summed E-state index contributed by atoms with van der Waals surface area (Å²) in [4.78, 5) is 2.18. The fraction of sp³-hybridized carbons (Fsp3) is 0.368. The molecule has 1 saturated heterocycles. The Labute approximate surface area is 170 Å². The third-order valence-corrected chi connectivity index (χ3v) is 7.11. The fourth-order valence-electron chi connectivity index (χ4n) is 3.43. The SMILES string of the molecule is COc1ccccc1C(CNS(=O)(=O)c1c(Cl)cccc1Cl)N1CCCC1. The summed E-state index contributed by atoms with van der Waals surface area (Å²) in [5.41, 5.74) is 0.954. The molecule has 0 bridgehead atoms. The summed E-state index contributed by atoms with van der Waals surface area (Å²) < 4.78 is 33.9. The molecule has 1 aliphatic rings. The maximum atomic E-state index is 12.8. The maximum Gasteiger partial charge on any atom is 0.243 e. The summed E-state index contributed by atoms with van der Waals surface area (Å²) in [6.45, 7) is 2.03. The van der Waals surface area contributed by atoms with Crippen LogP contribution in [0.25, 0.3) is 0 Å². The number of nitrogens with zero attached hydrogens (tertiary/aromatic N) is 1. The van der Waals surface area contributed by atoms with Gasteiger partial charge in [-0.3, -0.25) is 4.90 Å². The summed E-state index contributed by atoms with van der Waals surface area (Å²) in [5, 5.41) is 0.204. The van der Waals surface area contributed by atoms with E-state index in [4.69, 9.17) is 27.9 Å². The smallest absolute Gasteiger partial charge is 0.243 e. The molecule has 3 rings (SSSR count). The van der Waals surface area contributed by atoms with Crippen LogP contribution in [0.15, 0.2) is 47.4 Å². The number of ether oxygens (including phenoxy) is 1. The van der Waals surface area contributed by atoms with E-state index in [1.165, 1.54) is 12.1 Å². The zero-order valence-corrected chi connectivity index (χ0v) is 17.3. The molecule has 27 heavy (non-hydrogen) atoms. The van der Waals surface area contributed by atoms with Crippen molar-refractivity contribution in [2.75, 3.05) is 26.7 Å². The Hall–Kier alpha value is -1.31. The van der Waals surface area contributed by atoms with Crippen molar-refractivity contribution in [3.63, 3.8) is 0 Å². The molecule has 2 aromatic carbocycles. The number of methoxy groups -OCH3 is 1. The van der Waals surface area contributed by atoms with Crippen LogP contribution in [0.5, 0.6) is 5.75 Å². The van der Waals surface area contributed by atoms with E-state index in [0.717, 1.165) is 37.2 Å². The number of hydrogen-bond acceptors (Lipinski definition) is 4. The molecule has 1 fully saturated rings. The van der Waals surface area contributed by atoms with Gasteiger partial charge >= 0.3 is 0 Å². The van der Waals surface area contributed by atoms with Crippen LogP contribution >= 0.6 is 23.2 Å². The van der Waals surface area contributed by atoms with E-state index in [1.807, 2.05) is 24.3 Å². The van der Waals surface area contributed by atoms with Gasteiger partial charge in [0.05, 0.1) is 23.2 Å². The van der Waals surface area contributed by atoms with Crippen LogP contribution in [0.2, 0.25) is 10.0 Å². The second-order valence-corrected chi connectivity index (χ2v) is 8.92. The molecule has 0 aromatic heterocycles. The normalized spacial score (nSPS) is 16.4. The number of nitrogens with one attached hydrogen (secondary N) is 1. The lowest BCUT2D eigenvalue weighted by Crippen LogP contribution is -2.37.